The molecule has 4 nitrogen and oxygen atoms in total. The van der Waals surface area contributed by atoms with E-state index in [0.29, 0.717) is 5.92 Å². The lowest BCUT2D eigenvalue weighted by molar-refractivity contribution is 0.0691. The molecule has 1 saturated heterocycles. The van der Waals surface area contributed by atoms with Crippen LogP contribution in [0.25, 0.3) is 0 Å². The molecular weight excluding hydrogens is 204 g/mol. The Labute approximate surface area is 94.9 Å². The SMILES string of the molecule is CC1CCCN(c2cccnc2C(=O)O)C1. The summed E-state index contributed by atoms with van der Waals surface area (Å²) in [5.74, 6) is -0.329. The van der Waals surface area contributed by atoms with E-state index in [0.717, 1.165) is 25.2 Å². The first-order chi connectivity index (χ1) is 7.68. The number of pyridine rings is 1. The number of aromatic nitrogens is 1. The number of rotatable bonds is 2. The minimum Gasteiger partial charge on any atom is -0.476 e. The second-order valence-electron chi connectivity index (χ2n) is 4.37. The maximum Gasteiger partial charge on any atom is 0.356 e. The molecular formula is C12H16N2O2. The Morgan fingerprint density at radius 2 is 2.44 bits per heavy atom. The maximum atomic E-state index is 11.1. The van der Waals surface area contributed by atoms with Gasteiger partial charge in [-0.25, -0.2) is 9.78 Å². The largest absolute Gasteiger partial charge is 0.476 e. The molecule has 0 aromatic carbocycles. The lowest BCUT2D eigenvalue weighted by Crippen LogP contribution is -2.35. The van der Waals surface area contributed by atoms with Crippen molar-refractivity contribution in [2.45, 2.75) is 19.8 Å². The van der Waals surface area contributed by atoms with E-state index in [1.165, 1.54) is 12.6 Å². The van der Waals surface area contributed by atoms with E-state index in [2.05, 4.69) is 16.8 Å². The van der Waals surface area contributed by atoms with Crippen molar-refractivity contribution < 1.29 is 9.90 Å². The van der Waals surface area contributed by atoms with Crippen molar-refractivity contribution in [3.05, 3.63) is 24.0 Å². The predicted octanol–water partition coefficient (Wildman–Crippen LogP) is 2.02. The highest BCUT2D eigenvalue weighted by molar-refractivity contribution is 5.92. The van der Waals surface area contributed by atoms with Crippen LogP contribution in [-0.2, 0) is 0 Å². The Hall–Kier alpha value is -1.58. The van der Waals surface area contributed by atoms with E-state index in [1.54, 1.807) is 6.07 Å². The number of carbonyl (C=O) groups is 1. The third-order valence-corrected chi connectivity index (χ3v) is 2.99. The molecule has 1 aliphatic heterocycles. The summed E-state index contributed by atoms with van der Waals surface area (Å²) in [4.78, 5) is 17.1. The van der Waals surface area contributed by atoms with Crippen molar-refractivity contribution in [3.63, 3.8) is 0 Å². The van der Waals surface area contributed by atoms with Crippen molar-refractivity contribution >= 4 is 11.7 Å². The summed E-state index contributed by atoms with van der Waals surface area (Å²) in [6.07, 6.45) is 3.87. The normalized spacial score (nSPS) is 20.8. The fraction of sp³-hybridized carbons (Fsp3) is 0.500. The van der Waals surface area contributed by atoms with Crippen molar-refractivity contribution in [1.29, 1.82) is 0 Å². The zero-order valence-corrected chi connectivity index (χ0v) is 9.39. The zero-order chi connectivity index (χ0) is 11.5. The van der Waals surface area contributed by atoms with Crippen molar-refractivity contribution in [2.24, 2.45) is 5.92 Å². The standard InChI is InChI=1S/C12H16N2O2/c1-9-4-3-7-14(8-9)10-5-2-6-13-11(10)12(15)16/h2,5-6,9H,3-4,7-8H2,1H3,(H,15,16). The third-order valence-electron chi connectivity index (χ3n) is 2.99. The van der Waals surface area contributed by atoms with Gasteiger partial charge in [-0.1, -0.05) is 6.92 Å². The lowest BCUT2D eigenvalue weighted by atomic mass is 9.99. The van der Waals surface area contributed by atoms with Crippen LogP contribution in [0.15, 0.2) is 18.3 Å². The van der Waals surface area contributed by atoms with E-state index in [9.17, 15) is 4.79 Å². The van der Waals surface area contributed by atoms with Crippen LogP contribution in [0.5, 0.6) is 0 Å². The monoisotopic (exact) mass is 220 g/mol. The van der Waals surface area contributed by atoms with Crippen LogP contribution in [-0.4, -0.2) is 29.1 Å². The number of hydrogen-bond donors (Lipinski definition) is 1. The van der Waals surface area contributed by atoms with Gasteiger partial charge in [0.1, 0.15) is 0 Å². The molecule has 2 heterocycles. The average Bonchev–Trinajstić information content (AvgIpc) is 2.29. The molecule has 1 aliphatic rings. The molecule has 4 heteroatoms. The van der Waals surface area contributed by atoms with Gasteiger partial charge in [0.05, 0.1) is 5.69 Å². The van der Waals surface area contributed by atoms with Gasteiger partial charge in [-0.3, -0.25) is 0 Å². The molecule has 0 saturated carbocycles. The average molecular weight is 220 g/mol. The van der Waals surface area contributed by atoms with Crippen molar-refractivity contribution in [3.8, 4) is 0 Å². The van der Waals surface area contributed by atoms with Crippen LogP contribution < -0.4 is 4.90 Å². The number of carboxylic acids is 1. The molecule has 2 rings (SSSR count). The summed E-state index contributed by atoms with van der Waals surface area (Å²) in [7, 11) is 0. The molecule has 1 N–H and O–H groups in total. The fourth-order valence-corrected chi connectivity index (χ4v) is 2.22. The summed E-state index contributed by atoms with van der Waals surface area (Å²) in [5.41, 5.74) is 0.915. The van der Waals surface area contributed by atoms with E-state index in [4.69, 9.17) is 5.11 Å². The Bertz CT molecular complexity index is 392. The molecule has 0 radical (unpaired) electrons. The molecule has 0 aliphatic carbocycles. The molecule has 1 aromatic heterocycles. The maximum absolute atomic E-state index is 11.1. The van der Waals surface area contributed by atoms with Crippen molar-refractivity contribution in [1.82, 2.24) is 4.98 Å². The second-order valence-corrected chi connectivity index (χ2v) is 4.37. The summed E-state index contributed by atoms with van der Waals surface area (Å²) in [6.45, 7) is 4.05. The number of carboxylic acid groups (broad SMARTS) is 1. The molecule has 0 spiro atoms. The van der Waals surface area contributed by atoms with Crippen LogP contribution in [0.2, 0.25) is 0 Å². The topological polar surface area (TPSA) is 53.4 Å². The van der Waals surface area contributed by atoms with Gasteiger partial charge in [0.15, 0.2) is 5.69 Å². The van der Waals surface area contributed by atoms with Crippen LogP contribution in [0.3, 0.4) is 0 Å². The molecule has 1 fully saturated rings. The number of aromatic carboxylic acids is 1. The Morgan fingerprint density at radius 3 is 3.12 bits per heavy atom. The zero-order valence-electron chi connectivity index (χ0n) is 9.39. The smallest absolute Gasteiger partial charge is 0.356 e. The summed E-state index contributed by atoms with van der Waals surface area (Å²) in [5, 5.41) is 9.07. The second kappa shape index (κ2) is 4.51. The van der Waals surface area contributed by atoms with E-state index < -0.39 is 5.97 Å². The highest BCUT2D eigenvalue weighted by Gasteiger charge is 2.21. The highest BCUT2D eigenvalue weighted by atomic mass is 16.4. The van der Waals surface area contributed by atoms with E-state index in [1.807, 2.05) is 6.07 Å². The number of hydrogen-bond acceptors (Lipinski definition) is 3. The van der Waals surface area contributed by atoms with Crippen LogP contribution in [0, 0.1) is 5.92 Å². The van der Waals surface area contributed by atoms with E-state index >= 15 is 0 Å². The molecule has 1 aromatic rings. The first-order valence-electron chi connectivity index (χ1n) is 5.61. The summed E-state index contributed by atoms with van der Waals surface area (Å²) >= 11 is 0. The van der Waals surface area contributed by atoms with Gasteiger partial charge >= 0.3 is 5.97 Å². The van der Waals surface area contributed by atoms with Gasteiger partial charge < -0.3 is 10.0 Å². The number of anilines is 1. The van der Waals surface area contributed by atoms with Crippen LogP contribution >= 0.6 is 0 Å². The molecule has 86 valence electrons. The molecule has 0 amide bonds. The van der Waals surface area contributed by atoms with Crippen LogP contribution in [0.1, 0.15) is 30.3 Å². The minimum absolute atomic E-state index is 0.164. The van der Waals surface area contributed by atoms with Gasteiger partial charge in [-0.2, -0.15) is 0 Å². The lowest BCUT2D eigenvalue weighted by Gasteiger charge is -2.33. The fourth-order valence-electron chi connectivity index (χ4n) is 2.22. The van der Waals surface area contributed by atoms with Gasteiger partial charge in [-0.15, -0.1) is 0 Å². The number of nitrogens with zero attached hydrogens (tertiary/aromatic N) is 2. The molecule has 16 heavy (non-hydrogen) atoms. The van der Waals surface area contributed by atoms with Gasteiger partial charge in [0, 0.05) is 19.3 Å². The Balaban J connectivity index is 2.28. The first-order valence-corrected chi connectivity index (χ1v) is 5.61. The Kier molecular flexibility index (Phi) is 3.08. The van der Waals surface area contributed by atoms with Crippen LogP contribution in [0.4, 0.5) is 5.69 Å². The van der Waals surface area contributed by atoms with E-state index in [-0.39, 0.29) is 5.69 Å². The molecule has 1 atom stereocenters. The van der Waals surface area contributed by atoms with Gasteiger partial charge in [-0.05, 0) is 30.9 Å². The third kappa shape index (κ3) is 2.15. The summed E-state index contributed by atoms with van der Waals surface area (Å²) < 4.78 is 0. The highest BCUT2D eigenvalue weighted by Crippen LogP contribution is 2.24. The molecule has 1 unspecified atom stereocenters. The quantitative estimate of drug-likeness (QED) is 0.828. The van der Waals surface area contributed by atoms with Crippen molar-refractivity contribution in [2.75, 3.05) is 18.0 Å². The predicted molar refractivity (Wildman–Crippen MR) is 61.8 cm³/mol. The van der Waals surface area contributed by atoms with Gasteiger partial charge in [0.25, 0.3) is 0 Å². The minimum atomic E-state index is -0.950. The molecule has 0 bridgehead atoms. The summed E-state index contributed by atoms with van der Waals surface area (Å²) in [6, 6.07) is 3.63. The number of piperidine rings is 1. The van der Waals surface area contributed by atoms with Gasteiger partial charge in [0.2, 0.25) is 0 Å². The Morgan fingerprint density at radius 1 is 1.62 bits per heavy atom. The first kappa shape index (κ1) is 10.9.